The molecule has 0 bridgehead atoms. The number of para-hydroxylation sites is 2. The van der Waals surface area contributed by atoms with Crippen molar-refractivity contribution >= 4 is 28.6 Å². The highest BCUT2D eigenvalue weighted by Gasteiger charge is 2.54. The van der Waals surface area contributed by atoms with Gasteiger partial charge in [0, 0.05) is 5.92 Å². The van der Waals surface area contributed by atoms with E-state index in [-0.39, 0.29) is 11.3 Å². The van der Waals surface area contributed by atoms with Crippen molar-refractivity contribution in [1.82, 2.24) is 4.98 Å². The summed E-state index contributed by atoms with van der Waals surface area (Å²) in [4.78, 5) is 18.1. The average molecular weight is 512 g/mol. The number of benzene rings is 1. The van der Waals surface area contributed by atoms with Gasteiger partial charge >= 0.3 is 0 Å². The molecule has 1 aromatic heterocycles. The maximum absolute atomic E-state index is 13.6. The minimum atomic E-state index is -0.509. The first-order chi connectivity index (χ1) is 17.3. The number of hydrogen-bond acceptors (Lipinski definition) is 5. The third-order valence-electron chi connectivity index (χ3n) is 10.2. The summed E-state index contributed by atoms with van der Waals surface area (Å²) in [5.74, 6) is 3.91. The third-order valence-corrected chi connectivity index (χ3v) is 11.0. The first-order valence-electron chi connectivity index (χ1n) is 14.5. The summed E-state index contributed by atoms with van der Waals surface area (Å²) in [7, 11) is 0. The summed E-state index contributed by atoms with van der Waals surface area (Å²) in [5, 5.41) is 11.6. The standard InChI is InChI=1S/C31H45NO3S/c1-4-5-16-30(2,34)19-21-13-14-23-22(18-21)15-17-31(3)24(23)9-8-10-25(31)27(33)20-36-29-32-26-11-6-7-12-28(26)35-29/h6-7,11-12,21-25,34H,4-5,8-10,13-20H2,1-3H3/t21-,22-,23-,24+,25-,30-,31+/m1/s1. The van der Waals surface area contributed by atoms with E-state index in [9.17, 15) is 9.90 Å². The van der Waals surface area contributed by atoms with E-state index >= 15 is 0 Å². The number of nitrogens with zero attached hydrogens (tertiary/aromatic N) is 1. The first-order valence-corrected chi connectivity index (χ1v) is 15.5. The first kappa shape index (κ1) is 26.3. The highest BCUT2D eigenvalue weighted by atomic mass is 32.2. The van der Waals surface area contributed by atoms with Crippen molar-refractivity contribution in [1.29, 1.82) is 0 Å². The van der Waals surface area contributed by atoms with Crippen LogP contribution in [0.15, 0.2) is 33.9 Å². The number of thioether (sulfide) groups is 1. The van der Waals surface area contributed by atoms with Crippen molar-refractivity contribution in [2.75, 3.05) is 5.75 Å². The Labute approximate surface area is 221 Å². The van der Waals surface area contributed by atoms with Crippen molar-refractivity contribution in [2.24, 2.45) is 35.0 Å². The van der Waals surface area contributed by atoms with Gasteiger partial charge in [0.1, 0.15) is 11.3 Å². The Morgan fingerprint density at radius 2 is 2.06 bits per heavy atom. The Morgan fingerprint density at radius 3 is 2.86 bits per heavy atom. The zero-order valence-electron chi connectivity index (χ0n) is 22.5. The monoisotopic (exact) mass is 511 g/mol. The molecule has 36 heavy (non-hydrogen) atoms. The fraction of sp³-hybridized carbons (Fsp3) is 0.742. The second kappa shape index (κ2) is 10.8. The second-order valence-corrected chi connectivity index (χ2v) is 13.7. The fourth-order valence-corrected chi connectivity index (χ4v) is 9.19. The maximum Gasteiger partial charge on any atom is 0.257 e. The zero-order chi connectivity index (χ0) is 25.3. The molecule has 0 saturated heterocycles. The average Bonchev–Trinajstić information content (AvgIpc) is 3.28. The van der Waals surface area contributed by atoms with Gasteiger partial charge in [-0.05, 0) is 99.5 Å². The molecular formula is C31H45NO3S. The molecule has 0 unspecified atom stereocenters. The van der Waals surface area contributed by atoms with Crippen LogP contribution in [0.1, 0.15) is 97.8 Å². The molecule has 2 aromatic rings. The normalized spacial score (nSPS) is 34.1. The molecule has 1 aromatic carbocycles. The molecule has 7 atom stereocenters. The molecule has 3 aliphatic carbocycles. The second-order valence-electron chi connectivity index (χ2n) is 12.7. The van der Waals surface area contributed by atoms with Crippen LogP contribution < -0.4 is 0 Å². The lowest BCUT2D eigenvalue weighted by Gasteiger charge is -2.57. The van der Waals surface area contributed by atoms with E-state index in [1.807, 2.05) is 24.3 Å². The molecule has 3 fully saturated rings. The lowest BCUT2D eigenvalue weighted by Crippen LogP contribution is -2.52. The Kier molecular flexibility index (Phi) is 7.89. The quantitative estimate of drug-likeness (QED) is 0.345. The number of aromatic nitrogens is 1. The van der Waals surface area contributed by atoms with Crippen LogP contribution in [0.25, 0.3) is 11.1 Å². The van der Waals surface area contributed by atoms with Crippen molar-refractivity contribution in [3.05, 3.63) is 24.3 Å². The lowest BCUT2D eigenvalue weighted by atomic mass is 9.47. The summed E-state index contributed by atoms with van der Waals surface area (Å²) in [6.45, 7) is 6.71. The molecule has 5 rings (SSSR count). The molecule has 0 spiro atoms. The van der Waals surface area contributed by atoms with E-state index in [0.717, 1.165) is 55.0 Å². The summed E-state index contributed by atoms with van der Waals surface area (Å²) in [6.07, 6.45) is 13.9. The molecule has 3 aliphatic rings. The van der Waals surface area contributed by atoms with Crippen molar-refractivity contribution in [3.8, 4) is 0 Å². The highest BCUT2D eigenvalue weighted by molar-refractivity contribution is 7.99. The Hall–Kier alpha value is -1.33. The number of rotatable bonds is 9. The van der Waals surface area contributed by atoms with Gasteiger partial charge in [-0.1, -0.05) is 63.4 Å². The lowest BCUT2D eigenvalue weighted by molar-refractivity contribution is -0.137. The fourth-order valence-electron chi connectivity index (χ4n) is 8.41. The van der Waals surface area contributed by atoms with Crippen LogP contribution in [0.4, 0.5) is 0 Å². The van der Waals surface area contributed by atoms with Gasteiger partial charge in [-0.15, -0.1) is 0 Å². The summed E-state index contributed by atoms with van der Waals surface area (Å²) in [5.41, 5.74) is 1.28. The van der Waals surface area contributed by atoms with E-state index in [2.05, 4.69) is 25.8 Å². The predicted octanol–water partition coefficient (Wildman–Crippen LogP) is 8.07. The number of carbonyl (C=O) groups excluding carboxylic acids is 1. The van der Waals surface area contributed by atoms with Gasteiger partial charge in [-0.25, -0.2) is 4.98 Å². The maximum atomic E-state index is 13.6. The molecule has 4 nitrogen and oxygen atoms in total. The van der Waals surface area contributed by atoms with E-state index < -0.39 is 5.60 Å². The summed E-state index contributed by atoms with van der Waals surface area (Å²) < 4.78 is 5.86. The van der Waals surface area contributed by atoms with Gasteiger partial charge in [0.05, 0.1) is 11.4 Å². The van der Waals surface area contributed by atoms with Gasteiger partial charge in [0.2, 0.25) is 0 Å². The van der Waals surface area contributed by atoms with Crippen LogP contribution >= 0.6 is 11.8 Å². The van der Waals surface area contributed by atoms with Gasteiger partial charge in [-0.3, -0.25) is 4.79 Å². The van der Waals surface area contributed by atoms with E-state index in [1.165, 1.54) is 56.7 Å². The number of hydrogen-bond donors (Lipinski definition) is 1. The molecule has 198 valence electrons. The topological polar surface area (TPSA) is 63.3 Å². The third kappa shape index (κ3) is 5.43. The summed E-state index contributed by atoms with van der Waals surface area (Å²) in [6, 6.07) is 7.80. The van der Waals surface area contributed by atoms with Crippen LogP contribution in [-0.2, 0) is 4.79 Å². The molecule has 0 aliphatic heterocycles. The van der Waals surface area contributed by atoms with Crippen molar-refractivity contribution in [2.45, 2.75) is 109 Å². The van der Waals surface area contributed by atoms with Crippen LogP contribution in [0.5, 0.6) is 0 Å². The van der Waals surface area contributed by atoms with Gasteiger partial charge in [-0.2, -0.15) is 0 Å². The molecular weight excluding hydrogens is 466 g/mol. The molecule has 0 amide bonds. The van der Waals surface area contributed by atoms with Crippen molar-refractivity contribution in [3.63, 3.8) is 0 Å². The number of carbonyl (C=O) groups is 1. The Balaban J connectivity index is 1.21. The Bertz CT molecular complexity index is 1010. The van der Waals surface area contributed by atoms with Gasteiger partial charge in [0.25, 0.3) is 5.22 Å². The predicted molar refractivity (Wildman–Crippen MR) is 147 cm³/mol. The molecule has 5 heteroatoms. The van der Waals surface area contributed by atoms with Crippen molar-refractivity contribution < 1.29 is 14.3 Å². The number of Topliss-reactive ketones (excluding diaryl/α,β-unsaturated/α-hetero) is 1. The van der Waals surface area contributed by atoms with Gasteiger partial charge in [0.15, 0.2) is 5.58 Å². The highest BCUT2D eigenvalue weighted by Crippen LogP contribution is 2.61. The van der Waals surface area contributed by atoms with Crippen LogP contribution in [-0.4, -0.2) is 27.2 Å². The van der Waals surface area contributed by atoms with E-state index in [1.54, 1.807) is 0 Å². The minimum Gasteiger partial charge on any atom is -0.431 e. The number of aliphatic hydroxyl groups is 1. The molecule has 3 saturated carbocycles. The number of ketones is 1. The number of unbranched alkanes of at least 4 members (excludes halogenated alkanes) is 1. The number of oxazole rings is 1. The molecule has 1 N–H and O–H groups in total. The van der Waals surface area contributed by atoms with Crippen LogP contribution in [0.3, 0.4) is 0 Å². The van der Waals surface area contributed by atoms with Crippen LogP contribution in [0, 0.1) is 35.0 Å². The number of fused-ring (bicyclic) bond motifs is 4. The largest absolute Gasteiger partial charge is 0.431 e. The van der Waals surface area contributed by atoms with Crippen LogP contribution in [0.2, 0.25) is 0 Å². The summed E-state index contributed by atoms with van der Waals surface area (Å²) >= 11 is 1.47. The zero-order valence-corrected chi connectivity index (χ0v) is 23.3. The van der Waals surface area contributed by atoms with E-state index in [0.29, 0.717) is 28.6 Å². The SMILES string of the molecule is CCCC[C@@](C)(O)C[C@@H]1CC[C@@H]2[C@H](CC[C@]3(C)[C@@H](C(=O)CSc4nc5ccccc5o4)CCC[C@@H]23)C1. The minimum absolute atomic E-state index is 0.137. The van der Waals surface area contributed by atoms with E-state index in [4.69, 9.17) is 4.42 Å². The smallest absolute Gasteiger partial charge is 0.257 e. The molecule has 1 heterocycles. The van der Waals surface area contributed by atoms with Gasteiger partial charge < -0.3 is 9.52 Å². The Morgan fingerprint density at radius 1 is 1.22 bits per heavy atom. The molecule has 0 radical (unpaired) electrons.